The molecule has 0 bridgehead atoms. The first-order valence-corrected chi connectivity index (χ1v) is 6.65. The van der Waals surface area contributed by atoms with Crippen molar-refractivity contribution >= 4 is 38.9 Å². The first-order chi connectivity index (χ1) is 9.06. The van der Waals surface area contributed by atoms with Crippen molar-refractivity contribution in [1.29, 1.82) is 0 Å². The Hall–Kier alpha value is -1.59. The Bertz CT molecular complexity index is 602. The van der Waals surface area contributed by atoms with Gasteiger partial charge in [0.15, 0.2) is 0 Å². The van der Waals surface area contributed by atoms with Gasteiger partial charge in [-0.15, -0.1) is 0 Å². The Kier molecular flexibility index (Phi) is 4.39. The van der Waals surface area contributed by atoms with Gasteiger partial charge in [0.25, 0.3) is 5.69 Å². The molecule has 98 valence electrons. The van der Waals surface area contributed by atoms with Crippen molar-refractivity contribution in [2.24, 2.45) is 0 Å². The first-order valence-electron chi connectivity index (χ1n) is 5.48. The third-order valence-electron chi connectivity index (χ3n) is 2.56. The molecule has 19 heavy (non-hydrogen) atoms. The number of hydrogen-bond acceptors (Lipinski definition) is 3. The van der Waals surface area contributed by atoms with Crippen molar-refractivity contribution in [3.05, 3.63) is 67.6 Å². The maximum atomic E-state index is 10.6. The Balaban J connectivity index is 2.07. The summed E-state index contributed by atoms with van der Waals surface area (Å²) in [6.45, 7) is 0.619. The van der Waals surface area contributed by atoms with Crippen LogP contribution in [-0.4, -0.2) is 4.92 Å². The predicted octanol–water partition coefficient (Wildman–Crippen LogP) is 4.62. The molecule has 0 aliphatic rings. The molecule has 2 aromatic carbocycles. The predicted molar refractivity (Wildman–Crippen MR) is 79.6 cm³/mol. The molecule has 2 rings (SSSR count). The second-order valence-corrected chi connectivity index (χ2v) is 5.19. The molecule has 0 heterocycles. The largest absolute Gasteiger partial charge is 0.380 e. The molecule has 6 heteroatoms. The van der Waals surface area contributed by atoms with Gasteiger partial charge in [-0.25, -0.2) is 0 Å². The van der Waals surface area contributed by atoms with E-state index in [1.807, 2.05) is 24.3 Å². The molecule has 0 saturated carbocycles. The number of anilines is 1. The minimum absolute atomic E-state index is 0.0592. The summed E-state index contributed by atoms with van der Waals surface area (Å²) in [5, 5.41) is 14.5. The van der Waals surface area contributed by atoms with E-state index in [0.29, 0.717) is 16.0 Å². The minimum Gasteiger partial charge on any atom is -0.380 e. The van der Waals surface area contributed by atoms with Crippen LogP contribution in [0.25, 0.3) is 0 Å². The standard InChI is InChI=1S/C13H10BrClN2O2/c14-12-7-11(17(18)19)5-6-13(12)16-8-9-1-3-10(15)4-2-9/h1-7,16H,8H2. The maximum Gasteiger partial charge on any atom is 0.270 e. The number of benzene rings is 2. The lowest BCUT2D eigenvalue weighted by Gasteiger charge is -2.08. The Morgan fingerprint density at radius 2 is 1.89 bits per heavy atom. The van der Waals surface area contributed by atoms with Crippen LogP contribution in [0.2, 0.25) is 5.02 Å². The molecule has 0 amide bonds. The molecule has 0 saturated heterocycles. The van der Waals surface area contributed by atoms with E-state index >= 15 is 0 Å². The van der Waals surface area contributed by atoms with Crippen LogP contribution in [0.4, 0.5) is 11.4 Å². The zero-order valence-corrected chi connectivity index (χ0v) is 12.1. The van der Waals surface area contributed by atoms with Crippen molar-refractivity contribution in [2.45, 2.75) is 6.54 Å². The van der Waals surface area contributed by atoms with Crippen LogP contribution >= 0.6 is 27.5 Å². The van der Waals surface area contributed by atoms with Gasteiger partial charge in [0, 0.05) is 33.9 Å². The first kappa shape index (κ1) is 13.8. The SMILES string of the molecule is O=[N+]([O-])c1ccc(NCc2ccc(Cl)cc2)c(Br)c1. The van der Waals surface area contributed by atoms with Gasteiger partial charge in [-0.1, -0.05) is 23.7 Å². The highest BCUT2D eigenvalue weighted by Crippen LogP contribution is 2.27. The summed E-state index contributed by atoms with van der Waals surface area (Å²) in [6, 6.07) is 12.1. The van der Waals surface area contributed by atoms with Crippen molar-refractivity contribution in [3.63, 3.8) is 0 Å². The van der Waals surface area contributed by atoms with E-state index < -0.39 is 4.92 Å². The fourth-order valence-corrected chi connectivity index (χ4v) is 2.19. The van der Waals surface area contributed by atoms with Gasteiger partial charge < -0.3 is 5.32 Å². The molecule has 0 aromatic heterocycles. The molecule has 0 aliphatic carbocycles. The van der Waals surface area contributed by atoms with Gasteiger partial charge in [-0.3, -0.25) is 10.1 Å². The summed E-state index contributed by atoms with van der Waals surface area (Å²) >= 11 is 9.12. The highest BCUT2D eigenvalue weighted by atomic mass is 79.9. The van der Waals surface area contributed by atoms with Crippen LogP contribution in [0, 0.1) is 10.1 Å². The van der Waals surface area contributed by atoms with E-state index in [0.717, 1.165) is 11.3 Å². The lowest BCUT2D eigenvalue weighted by atomic mass is 10.2. The highest BCUT2D eigenvalue weighted by molar-refractivity contribution is 9.10. The minimum atomic E-state index is -0.423. The summed E-state index contributed by atoms with van der Waals surface area (Å²) in [4.78, 5) is 10.2. The van der Waals surface area contributed by atoms with Crippen molar-refractivity contribution in [1.82, 2.24) is 0 Å². The summed E-state index contributed by atoms with van der Waals surface area (Å²) in [5.74, 6) is 0. The number of nitro groups is 1. The summed E-state index contributed by atoms with van der Waals surface area (Å²) in [7, 11) is 0. The quantitative estimate of drug-likeness (QED) is 0.652. The van der Waals surface area contributed by atoms with Gasteiger partial charge in [0.05, 0.1) is 4.92 Å². The number of nitrogens with zero attached hydrogens (tertiary/aromatic N) is 1. The van der Waals surface area contributed by atoms with E-state index in [1.165, 1.54) is 12.1 Å². The molecule has 0 aliphatic heterocycles. The van der Waals surface area contributed by atoms with Gasteiger partial charge in [0.1, 0.15) is 0 Å². The number of rotatable bonds is 4. The summed E-state index contributed by atoms with van der Waals surface area (Å²) in [5.41, 5.74) is 1.94. The molecule has 1 N–H and O–H groups in total. The fourth-order valence-electron chi connectivity index (χ4n) is 1.56. The number of non-ortho nitro benzene ring substituents is 1. The normalized spacial score (nSPS) is 10.2. The molecular formula is C13H10BrClN2O2. The second-order valence-electron chi connectivity index (χ2n) is 3.90. The third-order valence-corrected chi connectivity index (χ3v) is 3.47. The zero-order chi connectivity index (χ0) is 13.8. The van der Waals surface area contributed by atoms with E-state index in [1.54, 1.807) is 6.07 Å². The molecule has 0 unspecified atom stereocenters. The third kappa shape index (κ3) is 3.68. The Labute approximate surface area is 123 Å². The van der Waals surface area contributed by atoms with E-state index in [-0.39, 0.29) is 5.69 Å². The lowest BCUT2D eigenvalue weighted by Crippen LogP contribution is -2.00. The Morgan fingerprint density at radius 1 is 1.21 bits per heavy atom. The van der Waals surface area contributed by atoms with Gasteiger partial charge in [0.2, 0.25) is 0 Å². The fraction of sp³-hybridized carbons (Fsp3) is 0.0769. The average Bonchev–Trinajstić information content (AvgIpc) is 2.39. The van der Waals surface area contributed by atoms with Crippen LogP contribution in [0.3, 0.4) is 0 Å². The summed E-state index contributed by atoms with van der Waals surface area (Å²) in [6.07, 6.45) is 0. The average molecular weight is 342 g/mol. The molecule has 2 aromatic rings. The molecular weight excluding hydrogens is 332 g/mol. The van der Waals surface area contributed by atoms with Gasteiger partial charge >= 0.3 is 0 Å². The smallest absolute Gasteiger partial charge is 0.270 e. The monoisotopic (exact) mass is 340 g/mol. The van der Waals surface area contributed by atoms with Crippen LogP contribution in [0.1, 0.15) is 5.56 Å². The molecule has 0 spiro atoms. The van der Waals surface area contributed by atoms with E-state index in [4.69, 9.17) is 11.6 Å². The molecule has 0 radical (unpaired) electrons. The Morgan fingerprint density at radius 3 is 2.47 bits per heavy atom. The number of nitrogens with one attached hydrogen (secondary N) is 1. The van der Waals surface area contributed by atoms with Crippen LogP contribution in [-0.2, 0) is 6.54 Å². The number of hydrogen-bond donors (Lipinski definition) is 1. The lowest BCUT2D eigenvalue weighted by molar-refractivity contribution is -0.384. The highest BCUT2D eigenvalue weighted by Gasteiger charge is 2.08. The van der Waals surface area contributed by atoms with Crippen molar-refractivity contribution in [3.8, 4) is 0 Å². The van der Waals surface area contributed by atoms with E-state index in [9.17, 15) is 10.1 Å². The van der Waals surface area contributed by atoms with Gasteiger partial charge in [-0.05, 0) is 39.7 Å². The van der Waals surface area contributed by atoms with Crippen LogP contribution in [0.5, 0.6) is 0 Å². The number of nitro benzene ring substituents is 1. The topological polar surface area (TPSA) is 55.2 Å². The molecule has 4 nitrogen and oxygen atoms in total. The van der Waals surface area contributed by atoms with Crippen molar-refractivity contribution in [2.75, 3.05) is 5.32 Å². The van der Waals surface area contributed by atoms with Crippen LogP contribution < -0.4 is 5.32 Å². The summed E-state index contributed by atoms with van der Waals surface area (Å²) < 4.78 is 0.663. The number of halogens is 2. The van der Waals surface area contributed by atoms with Crippen molar-refractivity contribution < 1.29 is 4.92 Å². The molecule has 0 atom stereocenters. The maximum absolute atomic E-state index is 10.6. The molecule has 0 fully saturated rings. The van der Waals surface area contributed by atoms with E-state index in [2.05, 4.69) is 21.2 Å². The zero-order valence-electron chi connectivity index (χ0n) is 9.77. The van der Waals surface area contributed by atoms with Crippen LogP contribution in [0.15, 0.2) is 46.9 Å². The second kappa shape index (κ2) is 6.04. The van der Waals surface area contributed by atoms with Gasteiger partial charge in [-0.2, -0.15) is 0 Å².